The maximum Gasteiger partial charge on any atom is 0.308 e. The molecule has 1 fully saturated rings. The van der Waals surface area contributed by atoms with E-state index >= 15 is 0 Å². The molecular formula is C13H19NO4S2. The summed E-state index contributed by atoms with van der Waals surface area (Å²) in [6, 6.07) is 1.16. The van der Waals surface area contributed by atoms with E-state index in [1.54, 1.807) is 19.9 Å². The second-order valence-electron chi connectivity index (χ2n) is 5.22. The van der Waals surface area contributed by atoms with Crippen molar-refractivity contribution < 1.29 is 18.3 Å². The Kier molecular flexibility index (Phi) is 4.22. The van der Waals surface area contributed by atoms with Crippen molar-refractivity contribution in [3.63, 3.8) is 0 Å². The molecule has 0 radical (unpaired) electrons. The molecule has 5 nitrogen and oxygen atoms in total. The van der Waals surface area contributed by atoms with Gasteiger partial charge in [0.15, 0.2) is 0 Å². The third kappa shape index (κ3) is 2.62. The van der Waals surface area contributed by atoms with Crippen molar-refractivity contribution in [2.45, 2.75) is 44.6 Å². The van der Waals surface area contributed by atoms with E-state index < -0.39 is 28.0 Å². The fourth-order valence-electron chi connectivity index (χ4n) is 2.77. The maximum atomic E-state index is 12.7. The highest BCUT2D eigenvalue weighted by Gasteiger charge is 2.40. The zero-order chi connectivity index (χ0) is 15.1. The first-order chi connectivity index (χ1) is 9.25. The van der Waals surface area contributed by atoms with Crippen LogP contribution in [0.5, 0.6) is 0 Å². The molecule has 20 heavy (non-hydrogen) atoms. The number of carbonyl (C=O) groups is 1. The van der Waals surface area contributed by atoms with Crippen LogP contribution in [0, 0.1) is 19.8 Å². The second-order valence-corrected chi connectivity index (χ2v) is 8.54. The lowest BCUT2D eigenvalue weighted by atomic mass is 9.92. The highest BCUT2D eigenvalue weighted by Crippen LogP contribution is 2.33. The summed E-state index contributed by atoms with van der Waals surface area (Å²) < 4.78 is 26.8. The zero-order valence-corrected chi connectivity index (χ0v) is 13.4. The molecule has 2 atom stereocenters. The minimum absolute atomic E-state index is 0.317. The van der Waals surface area contributed by atoms with Crippen LogP contribution in [0.3, 0.4) is 0 Å². The minimum atomic E-state index is -3.61. The number of hydrogen-bond donors (Lipinski definition) is 1. The predicted octanol–water partition coefficient (Wildman–Crippen LogP) is 2.24. The molecule has 0 spiro atoms. The number of carboxylic acids is 1. The lowest BCUT2D eigenvalue weighted by molar-refractivity contribution is -0.144. The Hall–Kier alpha value is -0.920. The number of thiophene rings is 1. The number of carboxylic acid groups (broad SMARTS) is 1. The van der Waals surface area contributed by atoms with Gasteiger partial charge in [-0.1, -0.05) is 0 Å². The molecule has 1 N–H and O–H groups in total. The molecule has 0 aromatic carbocycles. The van der Waals surface area contributed by atoms with Crippen molar-refractivity contribution >= 4 is 27.3 Å². The molecule has 1 aliphatic heterocycles. The molecular weight excluding hydrogens is 298 g/mol. The van der Waals surface area contributed by atoms with Gasteiger partial charge in [0.25, 0.3) is 0 Å². The van der Waals surface area contributed by atoms with E-state index in [4.69, 9.17) is 0 Å². The van der Waals surface area contributed by atoms with Gasteiger partial charge in [-0.25, -0.2) is 8.42 Å². The van der Waals surface area contributed by atoms with Crippen LogP contribution in [0.4, 0.5) is 0 Å². The highest BCUT2D eigenvalue weighted by molar-refractivity contribution is 7.89. The molecule has 0 unspecified atom stereocenters. The van der Waals surface area contributed by atoms with Gasteiger partial charge >= 0.3 is 5.97 Å². The molecule has 0 aliphatic carbocycles. The van der Waals surface area contributed by atoms with Gasteiger partial charge < -0.3 is 5.11 Å². The molecule has 0 saturated carbocycles. The van der Waals surface area contributed by atoms with E-state index in [1.807, 2.05) is 6.92 Å². The first-order valence-corrected chi connectivity index (χ1v) is 8.82. The maximum absolute atomic E-state index is 12.7. The average molecular weight is 317 g/mol. The van der Waals surface area contributed by atoms with Crippen molar-refractivity contribution in [2.24, 2.45) is 5.92 Å². The smallest absolute Gasteiger partial charge is 0.308 e. The third-order valence-corrected chi connectivity index (χ3v) is 7.04. The summed E-state index contributed by atoms with van der Waals surface area (Å²) in [6.45, 7) is 5.73. The summed E-state index contributed by atoms with van der Waals surface area (Å²) in [7, 11) is -3.61. The van der Waals surface area contributed by atoms with Gasteiger partial charge in [-0.15, -0.1) is 11.3 Å². The van der Waals surface area contributed by atoms with Gasteiger partial charge in [0.2, 0.25) is 10.0 Å². The van der Waals surface area contributed by atoms with E-state index in [1.165, 1.54) is 15.6 Å². The Morgan fingerprint density at radius 3 is 2.60 bits per heavy atom. The molecule has 7 heteroatoms. The molecule has 2 heterocycles. The Morgan fingerprint density at radius 1 is 1.45 bits per heavy atom. The van der Waals surface area contributed by atoms with Gasteiger partial charge in [0, 0.05) is 22.3 Å². The molecule has 1 aliphatic rings. The molecule has 0 bridgehead atoms. The van der Waals surface area contributed by atoms with Crippen molar-refractivity contribution in [1.29, 1.82) is 0 Å². The Morgan fingerprint density at radius 2 is 2.10 bits per heavy atom. The number of hydrogen-bond acceptors (Lipinski definition) is 4. The molecule has 1 aromatic heterocycles. The normalized spacial score (nSPS) is 24.8. The number of aryl methyl sites for hydroxylation is 2. The number of nitrogens with zero attached hydrogens (tertiary/aromatic N) is 1. The third-order valence-electron chi connectivity index (χ3n) is 3.83. The number of rotatable bonds is 3. The molecule has 2 rings (SSSR count). The van der Waals surface area contributed by atoms with Crippen LogP contribution >= 0.6 is 11.3 Å². The Bertz CT molecular complexity index is 620. The van der Waals surface area contributed by atoms with Gasteiger partial charge in [-0.3, -0.25) is 4.79 Å². The average Bonchev–Trinajstić information content (AvgIpc) is 2.68. The molecule has 0 amide bonds. The summed E-state index contributed by atoms with van der Waals surface area (Å²) >= 11 is 1.45. The first kappa shape index (κ1) is 15.5. The number of piperidine rings is 1. The molecule has 1 saturated heterocycles. The van der Waals surface area contributed by atoms with Gasteiger partial charge in [-0.05, 0) is 39.7 Å². The number of sulfonamides is 1. The van der Waals surface area contributed by atoms with E-state index in [-0.39, 0.29) is 0 Å². The monoisotopic (exact) mass is 317 g/mol. The summed E-state index contributed by atoms with van der Waals surface area (Å²) in [5, 5.41) is 9.20. The van der Waals surface area contributed by atoms with Crippen molar-refractivity contribution in [3.8, 4) is 0 Å². The van der Waals surface area contributed by atoms with Crippen molar-refractivity contribution in [2.75, 3.05) is 6.54 Å². The Labute approximate surface area is 123 Å². The standard InChI is InChI=1S/C13H19NO4S2/c1-8-7-12(10(3)19-8)20(17,18)14-6-4-5-11(9(14)2)13(15)16/h7,9,11H,4-6H2,1-3H3,(H,15,16)/t9-,11-/m1/s1. The summed E-state index contributed by atoms with van der Waals surface area (Å²) in [5.74, 6) is -1.55. The molecule has 1 aromatic rings. The van der Waals surface area contributed by atoms with Gasteiger partial charge in [0.05, 0.1) is 10.8 Å². The second kappa shape index (κ2) is 5.46. The van der Waals surface area contributed by atoms with Crippen LogP contribution in [-0.4, -0.2) is 36.4 Å². The highest BCUT2D eigenvalue weighted by atomic mass is 32.2. The lowest BCUT2D eigenvalue weighted by Crippen LogP contribution is -2.49. The minimum Gasteiger partial charge on any atom is -0.481 e. The zero-order valence-electron chi connectivity index (χ0n) is 11.8. The fourth-order valence-corrected chi connectivity index (χ4v) is 6.00. The van der Waals surface area contributed by atoms with Crippen molar-refractivity contribution in [1.82, 2.24) is 4.31 Å². The quantitative estimate of drug-likeness (QED) is 0.927. The van der Waals surface area contributed by atoms with Crippen LogP contribution in [0.1, 0.15) is 29.5 Å². The van der Waals surface area contributed by atoms with E-state index in [2.05, 4.69) is 0 Å². The summed E-state index contributed by atoms with van der Waals surface area (Å²) in [5.41, 5.74) is 0. The largest absolute Gasteiger partial charge is 0.481 e. The topological polar surface area (TPSA) is 74.7 Å². The van der Waals surface area contributed by atoms with Crippen LogP contribution in [0.15, 0.2) is 11.0 Å². The van der Waals surface area contributed by atoms with Crippen LogP contribution in [0.25, 0.3) is 0 Å². The first-order valence-electron chi connectivity index (χ1n) is 6.57. The van der Waals surface area contributed by atoms with E-state index in [0.29, 0.717) is 24.3 Å². The number of aliphatic carboxylic acids is 1. The van der Waals surface area contributed by atoms with Gasteiger partial charge in [-0.2, -0.15) is 4.31 Å². The van der Waals surface area contributed by atoms with Crippen molar-refractivity contribution in [3.05, 3.63) is 15.8 Å². The SMILES string of the molecule is Cc1cc(S(=O)(=O)N2CCC[C@@H](C(=O)O)[C@H]2C)c(C)s1. The summed E-state index contributed by atoms with van der Waals surface area (Å²) in [4.78, 5) is 13.2. The summed E-state index contributed by atoms with van der Waals surface area (Å²) in [6.07, 6.45) is 1.12. The van der Waals surface area contributed by atoms with Crippen LogP contribution in [0.2, 0.25) is 0 Å². The Balaban J connectivity index is 2.39. The predicted molar refractivity (Wildman–Crippen MR) is 77.5 cm³/mol. The lowest BCUT2D eigenvalue weighted by Gasteiger charge is -2.36. The molecule has 112 valence electrons. The van der Waals surface area contributed by atoms with Crippen LogP contribution < -0.4 is 0 Å². The fraction of sp³-hybridized carbons (Fsp3) is 0.615. The van der Waals surface area contributed by atoms with E-state index in [9.17, 15) is 18.3 Å². The van der Waals surface area contributed by atoms with Crippen LogP contribution in [-0.2, 0) is 14.8 Å². The van der Waals surface area contributed by atoms with Gasteiger partial charge in [0.1, 0.15) is 0 Å². The van der Waals surface area contributed by atoms with E-state index in [0.717, 1.165) is 9.75 Å².